The van der Waals surface area contributed by atoms with Crippen molar-refractivity contribution in [1.82, 2.24) is 5.32 Å². The molecule has 0 aliphatic rings. The second kappa shape index (κ2) is 8.36. The summed E-state index contributed by atoms with van der Waals surface area (Å²) in [5.41, 5.74) is -3.65. The zero-order valence-corrected chi connectivity index (χ0v) is 11.9. The third-order valence-electron chi connectivity index (χ3n) is 2.37. The SMILES string of the molecule is CCCNCc1cc(F)ccc1OCCSC(F)(F)F. The smallest absolute Gasteiger partial charge is 0.441 e. The van der Waals surface area contributed by atoms with E-state index in [4.69, 9.17) is 4.74 Å². The quantitative estimate of drug-likeness (QED) is 0.580. The van der Waals surface area contributed by atoms with E-state index in [9.17, 15) is 17.6 Å². The Balaban J connectivity index is 2.51. The van der Waals surface area contributed by atoms with Crippen molar-refractivity contribution in [2.75, 3.05) is 18.9 Å². The van der Waals surface area contributed by atoms with E-state index in [-0.39, 0.29) is 24.1 Å². The zero-order chi connectivity index (χ0) is 15.0. The normalized spacial score (nSPS) is 11.7. The third-order valence-corrected chi connectivity index (χ3v) is 3.07. The molecule has 114 valence electrons. The summed E-state index contributed by atoms with van der Waals surface area (Å²) >= 11 is -0.131. The molecule has 0 heterocycles. The van der Waals surface area contributed by atoms with E-state index in [0.29, 0.717) is 17.9 Å². The van der Waals surface area contributed by atoms with E-state index < -0.39 is 11.3 Å². The Morgan fingerprint density at radius 1 is 1.30 bits per heavy atom. The summed E-state index contributed by atoms with van der Waals surface area (Å²) in [6, 6.07) is 4.00. The van der Waals surface area contributed by atoms with Gasteiger partial charge in [-0.3, -0.25) is 0 Å². The van der Waals surface area contributed by atoms with Crippen LogP contribution in [0, 0.1) is 5.82 Å². The van der Waals surface area contributed by atoms with Crippen LogP contribution in [0.5, 0.6) is 5.75 Å². The van der Waals surface area contributed by atoms with Gasteiger partial charge in [0.1, 0.15) is 11.6 Å². The fourth-order valence-electron chi connectivity index (χ4n) is 1.54. The van der Waals surface area contributed by atoms with Crippen LogP contribution in [0.1, 0.15) is 18.9 Å². The molecular formula is C13H17F4NOS. The molecule has 0 saturated heterocycles. The lowest BCUT2D eigenvalue weighted by Gasteiger charge is -2.12. The van der Waals surface area contributed by atoms with Crippen LogP contribution in [0.15, 0.2) is 18.2 Å². The van der Waals surface area contributed by atoms with E-state index in [0.717, 1.165) is 13.0 Å². The molecule has 2 nitrogen and oxygen atoms in total. The summed E-state index contributed by atoms with van der Waals surface area (Å²) in [4.78, 5) is 0. The lowest BCUT2D eigenvalue weighted by atomic mass is 10.2. The van der Waals surface area contributed by atoms with Crippen molar-refractivity contribution in [3.63, 3.8) is 0 Å². The number of halogens is 4. The molecule has 1 aromatic carbocycles. The molecule has 1 aromatic rings. The maximum atomic E-state index is 13.2. The van der Waals surface area contributed by atoms with Crippen molar-refractivity contribution in [1.29, 1.82) is 0 Å². The average Bonchev–Trinajstić information content (AvgIpc) is 2.36. The number of benzene rings is 1. The first-order chi connectivity index (χ1) is 9.42. The Labute approximate surface area is 119 Å². The number of thioether (sulfide) groups is 1. The summed E-state index contributed by atoms with van der Waals surface area (Å²) in [5, 5.41) is 3.10. The molecule has 1 N–H and O–H groups in total. The van der Waals surface area contributed by atoms with Crippen molar-refractivity contribution >= 4 is 11.8 Å². The summed E-state index contributed by atoms with van der Waals surface area (Å²) in [6.45, 7) is 3.13. The average molecular weight is 311 g/mol. The van der Waals surface area contributed by atoms with Crippen molar-refractivity contribution in [3.05, 3.63) is 29.6 Å². The van der Waals surface area contributed by atoms with Gasteiger partial charge in [0.25, 0.3) is 0 Å². The summed E-state index contributed by atoms with van der Waals surface area (Å²) in [5.74, 6) is -0.170. The molecule has 0 bridgehead atoms. The minimum absolute atomic E-state index is 0.0728. The summed E-state index contributed by atoms with van der Waals surface area (Å²) in [6.07, 6.45) is 0.938. The number of rotatable bonds is 8. The standard InChI is InChI=1S/C13H17F4NOS/c1-2-5-18-9-10-8-11(14)3-4-12(10)19-6-7-20-13(15,16)17/h3-4,8,18H,2,5-7,9H2,1H3. The number of hydrogen-bond acceptors (Lipinski definition) is 3. The highest BCUT2D eigenvalue weighted by molar-refractivity contribution is 8.00. The Kier molecular flexibility index (Phi) is 7.15. The minimum Gasteiger partial charge on any atom is -0.492 e. The van der Waals surface area contributed by atoms with Gasteiger partial charge in [0.15, 0.2) is 0 Å². The van der Waals surface area contributed by atoms with Crippen molar-refractivity contribution in [2.45, 2.75) is 25.4 Å². The van der Waals surface area contributed by atoms with Crippen LogP contribution in [-0.2, 0) is 6.54 Å². The third kappa shape index (κ3) is 7.00. The topological polar surface area (TPSA) is 21.3 Å². The molecule has 20 heavy (non-hydrogen) atoms. The van der Waals surface area contributed by atoms with Crippen LogP contribution in [0.2, 0.25) is 0 Å². The van der Waals surface area contributed by atoms with Gasteiger partial charge in [0.05, 0.1) is 6.61 Å². The van der Waals surface area contributed by atoms with E-state index in [1.165, 1.54) is 18.2 Å². The highest BCUT2D eigenvalue weighted by Crippen LogP contribution is 2.30. The van der Waals surface area contributed by atoms with Crippen LogP contribution in [0.4, 0.5) is 17.6 Å². The lowest BCUT2D eigenvalue weighted by Crippen LogP contribution is -2.15. The molecule has 0 aromatic heterocycles. The second-order valence-electron chi connectivity index (χ2n) is 4.07. The zero-order valence-electron chi connectivity index (χ0n) is 11.1. The Bertz CT molecular complexity index is 412. The van der Waals surface area contributed by atoms with Crippen LogP contribution in [-0.4, -0.2) is 24.4 Å². The molecule has 0 atom stereocenters. The maximum absolute atomic E-state index is 13.2. The van der Waals surface area contributed by atoms with Crippen LogP contribution >= 0.6 is 11.8 Å². The summed E-state index contributed by atoms with van der Waals surface area (Å²) in [7, 11) is 0. The highest BCUT2D eigenvalue weighted by atomic mass is 32.2. The number of alkyl halides is 3. The molecule has 0 spiro atoms. The first kappa shape index (κ1) is 17.1. The van der Waals surface area contributed by atoms with Gasteiger partial charge in [-0.25, -0.2) is 4.39 Å². The maximum Gasteiger partial charge on any atom is 0.441 e. The molecule has 7 heteroatoms. The Hall–Kier alpha value is -0.950. The highest BCUT2D eigenvalue weighted by Gasteiger charge is 2.27. The number of ether oxygens (including phenoxy) is 1. The van der Waals surface area contributed by atoms with Gasteiger partial charge in [-0.1, -0.05) is 6.92 Å². The summed E-state index contributed by atoms with van der Waals surface area (Å²) < 4.78 is 54.4. The molecule has 0 unspecified atom stereocenters. The molecule has 1 rings (SSSR count). The molecule has 0 saturated carbocycles. The fraction of sp³-hybridized carbons (Fsp3) is 0.538. The molecule has 0 amide bonds. The Morgan fingerprint density at radius 2 is 2.05 bits per heavy atom. The fourth-order valence-corrected chi connectivity index (χ4v) is 1.93. The first-order valence-corrected chi connectivity index (χ1v) is 7.23. The van der Waals surface area contributed by atoms with Gasteiger partial charge in [-0.05, 0) is 42.9 Å². The van der Waals surface area contributed by atoms with Crippen LogP contribution in [0.3, 0.4) is 0 Å². The van der Waals surface area contributed by atoms with Gasteiger partial charge in [-0.15, -0.1) is 0 Å². The number of nitrogens with one attached hydrogen (secondary N) is 1. The van der Waals surface area contributed by atoms with Crippen LogP contribution < -0.4 is 10.1 Å². The van der Waals surface area contributed by atoms with E-state index in [1.807, 2.05) is 6.92 Å². The van der Waals surface area contributed by atoms with Crippen LogP contribution in [0.25, 0.3) is 0 Å². The minimum atomic E-state index is -4.25. The van der Waals surface area contributed by atoms with Gasteiger partial charge >= 0.3 is 5.51 Å². The largest absolute Gasteiger partial charge is 0.492 e. The Morgan fingerprint density at radius 3 is 2.70 bits per heavy atom. The van der Waals surface area contributed by atoms with Gasteiger partial charge in [0, 0.05) is 17.9 Å². The van der Waals surface area contributed by atoms with Gasteiger partial charge in [-0.2, -0.15) is 13.2 Å². The van der Waals surface area contributed by atoms with Crippen molar-refractivity contribution < 1.29 is 22.3 Å². The van der Waals surface area contributed by atoms with Crippen molar-refractivity contribution in [3.8, 4) is 5.75 Å². The predicted molar refractivity (Wildman–Crippen MR) is 72.4 cm³/mol. The van der Waals surface area contributed by atoms with Gasteiger partial charge in [0.2, 0.25) is 0 Å². The molecule has 0 aliphatic heterocycles. The first-order valence-electron chi connectivity index (χ1n) is 6.25. The van der Waals surface area contributed by atoms with E-state index in [2.05, 4.69) is 5.32 Å². The second-order valence-corrected chi connectivity index (χ2v) is 5.23. The lowest BCUT2D eigenvalue weighted by molar-refractivity contribution is -0.0329. The number of hydrogen-bond donors (Lipinski definition) is 1. The molecule has 0 radical (unpaired) electrons. The molecular weight excluding hydrogens is 294 g/mol. The van der Waals surface area contributed by atoms with E-state index in [1.54, 1.807) is 0 Å². The molecule has 0 fully saturated rings. The van der Waals surface area contributed by atoms with E-state index >= 15 is 0 Å². The van der Waals surface area contributed by atoms with Crippen molar-refractivity contribution in [2.24, 2.45) is 0 Å². The molecule has 0 aliphatic carbocycles. The monoisotopic (exact) mass is 311 g/mol. The predicted octanol–water partition coefficient (Wildman–Crippen LogP) is 3.96. The van der Waals surface area contributed by atoms with Gasteiger partial charge < -0.3 is 10.1 Å².